The van der Waals surface area contributed by atoms with Crippen LogP contribution in [0.15, 0.2) is 36.7 Å². The number of nitrogens with one attached hydrogen (secondary N) is 1. The first-order valence-corrected chi connectivity index (χ1v) is 7.63. The molecule has 1 heterocycles. The summed E-state index contributed by atoms with van der Waals surface area (Å²) < 4.78 is 1.60. The van der Waals surface area contributed by atoms with E-state index in [9.17, 15) is 4.79 Å². The van der Waals surface area contributed by atoms with E-state index in [1.807, 2.05) is 30.5 Å². The van der Waals surface area contributed by atoms with E-state index in [4.69, 9.17) is 5.73 Å². The van der Waals surface area contributed by atoms with Crippen molar-refractivity contribution in [1.29, 1.82) is 0 Å². The molecular weight excluding hydrogens is 274 g/mol. The lowest BCUT2D eigenvalue weighted by Crippen LogP contribution is -2.36. The van der Waals surface area contributed by atoms with Gasteiger partial charge in [0.1, 0.15) is 0 Å². The number of anilines is 1. The summed E-state index contributed by atoms with van der Waals surface area (Å²) in [6.45, 7) is 0. The van der Waals surface area contributed by atoms with Crippen molar-refractivity contribution in [2.24, 2.45) is 5.73 Å². The van der Waals surface area contributed by atoms with Crippen molar-refractivity contribution < 1.29 is 4.79 Å². The number of para-hydroxylation sites is 2. The van der Waals surface area contributed by atoms with Crippen molar-refractivity contribution in [1.82, 2.24) is 15.0 Å². The molecule has 0 radical (unpaired) electrons. The van der Waals surface area contributed by atoms with E-state index in [-0.39, 0.29) is 5.91 Å². The van der Waals surface area contributed by atoms with Gasteiger partial charge in [-0.05, 0) is 30.6 Å². The molecule has 0 aliphatic rings. The van der Waals surface area contributed by atoms with Gasteiger partial charge in [0.2, 0.25) is 5.91 Å². The van der Waals surface area contributed by atoms with Crippen molar-refractivity contribution in [3.8, 4) is 5.69 Å². The Morgan fingerprint density at radius 1 is 1.50 bits per heavy atom. The number of aromatic nitrogens is 3. The normalized spacial score (nSPS) is 12.1. The molecule has 0 aliphatic heterocycles. The molecule has 2 rings (SSSR count). The highest BCUT2D eigenvalue weighted by Crippen LogP contribution is 2.19. The zero-order chi connectivity index (χ0) is 14.4. The predicted molar refractivity (Wildman–Crippen MR) is 81.0 cm³/mol. The topological polar surface area (TPSA) is 85.8 Å². The first-order valence-electron chi connectivity index (χ1n) is 6.23. The summed E-state index contributed by atoms with van der Waals surface area (Å²) in [4.78, 5) is 12.0. The van der Waals surface area contributed by atoms with Crippen LogP contribution in [0.25, 0.3) is 5.69 Å². The lowest BCUT2D eigenvalue weighted by molar-refractivity contribution is -0.117. The van der Waals surface area contributed by atoms with E-state index < -0.39 is 6.04 Å². The molecule has 6 nitrogen and oxygen atoms in total. The number of benzene rings is 1. The van der Waals surface area contributed by atoms with Gasteiger partial charge in [-0.25, -0.2) is 4.68 Å². The molecule has 0 fully saturated rings. The van der Waals surface area contributed by atoms with Crippen molar-refractivity contribution in [2.75, 3.05) is 17.3 Å². The van der Waals surface area contributed by atoms with E-state index >= 15 is 0 Å². The van der Waals surface area contributed by atoms with Crippen LogP contribution in [0.4, 0.5) is 5.69 Å². The number of amides is 1. The Bertz CT molecular complexity index is 558. The van der Waals surface area contributed by atoms with E-state index in [1.165, 1.54) is 0 Å². The second kappa shape index (κ2) is 7.06. The third kappa shape index (κ3) is 3.58. The molecule has 1 aromatic carbocycles. The van der Waals surface area contributed by atoms with Gasteiger partial charge in [0.25, 0.3) is 0 Å². The highest BCUT2D eigenvalue weighted by Gasteiger charge is 2.15. The fourth-order valence-corrected chi connectivity index (χ4v) is 2.21. The van der Waals surface area contributed by atoms with E-state index in [2.05, 4.69) is 15.6 Å². The number of thioether (sulfide) groups is 1. The van der Waals surface area contributed by atoms with Crippen LogP contribution in [0.5, 0.6) is 0 Å². The minimum absolute atomic E-state index is 0.188. The highest BCUT2D eigenvalue weighted by atomic mass is 32.2. The number of hydrogen-bond donors (Lipinski definition) is 2. The van der Waals surface area contributed by atoms with Crippen molar-refractivity contribution in [2.45, 2.75) is 12.5 Å². The number of nitrogens with two attached hydrogens (primary N) is 1. The Kier molecular flexibility index (Phi) is 5.14. The third-order valence-electron chi connectivity index (χ3n) is 2.80. The number of hydrogen-bond acceptors (Lipinski definition) is 5. The van der Waals surface area contributed by atoms with Crippen LogP contribution < -0.4 is 11.1 Å². The summed E-state index contributed by atoms with van der Waals surface area (Å²) in [5.74, 6) is 0.672. The van der Waals surface area contributed by atoms with Gasteiger partial charge in [-0.2, -0.15) is 11.8 Å². The van der Waals surface area contributed by atoms with Crippen LogP contribution in [-0.4, -0.2) is 39.0 Å². The molecule has 0 unspecified atom stereocenters. The van der Waals surface area contributed by atoms with E-state index in [1.54, 1.807) is 28.8 Å². The first-order chi connectivity index (χ1) is 9.72. The van der Waals surface area contributed by atoms with Gasteiger partial charge < -0.3 is 11.1 Å². The zero-order valence-electron chi connectivity index (χ0n) is 11.2. The molecule has 0 spiro atoms. The summed E-state index contributed by atoms with van der Waals surface area (Å²) in [6.07, 6.45) is 5.95. The SMILES string of the molecule is CSCC[C@H](N)C(=O)Nc1ccccc1-n1ccnn1. The molecular formula is C13H17N5OS. The number of carbonyl (C=O) groups excluding carboxylic acids is 1. The molecule has 20 heavy (non-hydrogen) atoms. The van der Waals surface area contributed by atoms with Crippen molar-refractivity contribution in [3.05, 3.63) is 36.7 Å². The molecule has 0 saturated heterocycles. The summed E-state index contributed by atoms with van der Waals surface area (Å²) in [7, 11) is 0. The molecule has 1 aromatic heterocycles. The fraction of sp³-hybridized carbons (Fsp3) is 0.308. The van der Waals surface area contributed by atoms with Gasteiger partial charge in [0.15, 0.2) is 0 Å². The largest absolute Gasteiger partial charge is 0.323 e. The lowest BCUT2D eigenvalue weighted by Gasteiger charge is -2.14. The molecule has 0 aliphatic carbocycles. The second-order valence-electron chi connectivity index (χ2n) is 4.24. The smallest absolute Gasteiger partial charge is 0.241 e. The van der Waals surface area contributed by atoms with Gasteiger partial charge in [-0.15, -0.1) is 5.10 Å². The summed E-state index contributed by atoms with van der Waals surface area (Å²) in [6, 6.07) is 6.89. The van der Waals surface area contributed by atoms with Gasteiger partial charge in [0.05, 0.1) is 29.8 Å². The Labute approximate surface area is 121 Å². The van der Waals surface area contributed by atoms with E-state index in [0.717, 1.165) is 11.4 Å². The molecule has 0 saturated carbocycles. The Morgan fingerprint density at radius 2 is 2.30 bits per heavy atom. The minimum atomic E-state index is -0.508. The Morgan fingerprint density at radius 3 is 3.00 bits per heavy atom. The maximum Gasteiger partial charge on any atom is 0.241 e. The molecule has 1 atom stereocenters. The van der Waals surface area contributed by atoms with Crippen LogP contribution >= 0.6 is 11.8 Å². The van der Waals surface area contributed by atoms with Crippen LogP contribution in [0.1, 0.15) is 6.42 Å². The lowest BCUT2D eigenvalue weighted by atomic mass is 10.2. The van der Waals surface area contributed by atoms with Gasteiger partial charge in [-0.3, -0.25) is 4.79 Å². The van der Waals surface area contributed by atoms with Crippen molar-refractivity contribution >= 4 is 23.4 Å². The first kappa shape index (κ1) is 14.5. The zero-order valence-corrected chi connectivity index (χ0v) is 12.0. The molecule has 3 N–H and O–H groups in total. The van der Waals surface area contributed by atoms with E-state index in [0.29, 0.717) is 12.1 Å². The maximum absolute atomic E-state index is 12.0. The van der Waals surface area contributed by atoms with Crippen LogP contribution in [0.2, 0.25) is 0 Å². The molecule has 106 valence electrons. The Balaban J connectivity index is 2.12. The van der Waals surface area contributed by atoms with Gasteiger partial charge in [0, 0.05) is 0 Å². The fourth-order valence-electron chi connectivity index (χ4n) is 1.72. The maximum atomic E-state index is 12.0. The van der Waals surface area contributed by atoms with Crippen LogP contribution in [-0.2, 0) is 4.79 Å². The van der Waals surface area contributed by atoms with Crippen molar-refractivity contribution in [3.63, 3.8) is 0 Å². The quantitative estimate of drug-likeness (QED) is 0.837. The predicted octanol–water partition coefficient (Wildman–Crippen LogP) is 1.29. The monoisotopic (exact) mass is 291 g/mol. The number of rotatable bonds is 6. The highest BCUT2D eigenvalue weighted by molar-refractivity contribution is 7.98. The van der Waals surface area contributed by atoms with Crippen LogP contribution in [0.3, 0.4) is 0 Å². The second-order valence-corrected chi connectivity index (χ2v) is 5.23. The van der Waals surface area contributed by atoms with Crippen LogP contribution in [0, 0.1) is 0 Å². The average Bonchev–Trinajstić information content (AvgIpc) is 2.99. The standard InChI is InChI=1S/C13H17N5OS/c1-20-9-6-10(14)13(19)16-11-4-2-3-5-12(11)18-8-7-15-17-18/h2-5,7-8,10H,6,9,14H2,1H3,(H,16,19)/t10-/m0/s1. The Hall–Kier alpha value is -1.86. The summed E-state index contributed by atoms with van der Waals surface area (Å²) >= 11 is 1.67. The molecule has 0 bridgehead atoms. The minimum Gasteiger partial charge on any atom is -0.323 e. The van der Waals surface area contributed by atoms with Gasteiger partial charge >= 0.3 is 0 Å². The molecule has 7 heteroatoms. The summed E-state index contributed by atoms with van der Waals surface area (Å²) in [5.41, 5.74) is 7.29. The number of carbonyl (C=O) groups is 1. The molecule has 2 aromatic rings. The third-order valence-corrected chi connectivity index (χ3v) is 3.44. The van der Waals surface area contributed by atoms with Gasteiger partial charge in [-0.1, -0.05) is 17.3 Å². The summed E-state index contributed by atoms with van der Waals surface area (Å²) in [5, 5.41) is 10.5. The average molecular weight is 291 g/mol. The molecule has 1 amide bonds. The number of nitrogens with zero attached hydrogens (tertiary/aromatic N) is 3.